The second-order valence-corrected chi connectivity index (χ2v) is 6.01. The second kappa shape index (κ2) is 6.88. The van der Waals surface area contributed by atoms with E-state index in [9.17, 15) is 4.79 Å². The molecule has 0 saturated carbocycles. The van der Waals surface area contributed by atoms with Crippen LogP contribution in [0, 0.1) is 5.92 Å². The Hall–Kier alpha value is -1.36. The molecule has 1 aliphatic heterocycles. The number of benzene rings is 1. The van der Waals surface area contributed by atoms with Gasteiger partial charge in [0.1, 0.15) is 0 Å². The molecule has 1 saturated heterocycles. The zero-order valence-electron chi connectivity index (χ0n) is 11.6. The smallest absolute Gasteiger partial charge is 0.227 e. The number of nitrogens with zero attached hydrogens (tertiary/aromatic N) is 2. The van der Waals surface area contributed by atoms with Crippen LogP contribution in [0.2, 0.25) is 0 Å². The van der Waals surface area contributed by atoms with Crippen molar-refractivity contribution in [2.45, 2.75) is 26.2 Å². The molecule has 1 fully saturated rings. The first-order valence-electron chi connectivity index (χ1n) is 6.87. The average Bonchev–Trinajstić information content (AvgIpc) is 2.46. The van der Waals surface area contributed by atoms with Crippen LogP contribution in [0.25, 0.3) is 0 Å². The predicted molar refractivity (Wildman–Crippen MR) is 82.0 cm³/mol. The molecule has 0 bridgehead atoms. The molecule has 0 aromatic heterocycles. The number of hydrogen-bond donors (Lipinski definition) is 1. The summed E-state index contributed by atoms with van der Waals surface area (Å²) >= 11 is 3.42. The SMILES string of the molecule is CCC1CN(C(=O)Cc2cccc(Br)c2)CC/C1=N\O. The van der Waals surface area contributed by atoms with E-state index in [4.69, 9.17) is 5.21 Å². The molecule has 5 heteroatoms. The Morgan fingerprint density at radius 2 is 2.35 bits per heavy atom. The van der Waals surface area contributed by atoms with E-state index < -0.39 is 0 Å². The van der Waals surface area contributed by atoms with Crippen LogP contribution in [-0.4, -0.2) is 34.8 Å². The topological polar surface area (TPSA) is 52.9 Å². The van der Waals surface area contributed by atoms with Crippen LogP contribution < -0.4 is 0 Å². The predicted octanol–water partition coefficient (Wildman–Crippen LogP) is 3.08. The summed E-state index contributed by atoms with van der Waals surface area (Å²) in [5.74, 6) is 0.318. The third-order valence-electron chi connectivity index (χ3n) is 3.77. The lowest BCUT2D eigenvalue weighted by molar-refractivity contribution is -0.131. The highest BCUT2D eigenvalue weighted by Gasteiger charge is 2.27. The van der Waals surface area contributed by atoms with Crippen molar-refractivity contribution in [1.29, 1.82) is 0 Å². The van der Waals surface area contributed by atoms with Crippen molar-refractivity contribution >= 4 is 27.5 Å². The van der Waals surface area contributed by atoms with Gasteiger partial charge in [0, 0.05) is 29.9 Å². The summed E-state index contributed by atoms with van der Waals surface area (Å²) in [5, 5.41) is 12.3. The maximum Gasteiger partial charge on any atom is 0.227 e. The number of likely N-dealkylation sites (tertiary alicyclic amines) is 1. The summed E-state index contributed by atoms with van der Waals surface area (Å²) in [5.41, 5.74) is 1.83. The quantitative estimate of drug-likeness (QED) is 0.680. The van der Waals surface area contributed by atoms with Crippen LogP contribution in [0.5, 0.6) is 0 Å². The molecule has 0 aliphatic carbocycles. The first-order valence-corrected chi connectivity index (χ1v) is 7.66. The summed E-state index contributed by atoms with van der Waals surface area (Å²) in [6.45, 7) is 3.35. The minimum Gasteiger partial charge on any atom is -0.411 e. The fourth-order valence-corrected chi connectivity index (χ4v) is 3.02. The van der Waals surface area contributed by atoms with Gasteiger partial charge in [-0.3, -0.25) is 4.79 Å². The third-order valence-corrected chi connectivity index (χ3v) is 4.26. The molecule has 4 nitrogen and oxygen atoms in total. The van der Waals surface area contributed by atoms with E-state index in [1.54, 1.807) is 0 Å². The highest BCUT2D eigenvalue weighted by Crippen LogP contribution is 2.19. The van der Waals surface area contributed by atoms with E-state index in [-0.39, 0.29) is 11.8 Å². The first-order chi connectivity index (χ1) is 9.63. The van der Waals surface area contributed by atoms with E-state index in [0.29, 0.717) is 25.9 Å². The summed E-state index contributed by atoms with van der Waals surface area (Å²) in [7, 11) is 0. The molecule has 20 heavy (non-hydrogen) atoms. The van der Waals surface area contributed by atoms with Gasteiger partial charge in [-0.15, -0.1) is 0 Å². The van der Waals surface area contributed by atoms with E-state index >= 15 is 0 Å². The first kappa shape index (κ1) is 15.0. The van der Waals surface area contributed by atoms with E-state index in [2.05, 4.69) is 28.0 Å². The normalized spacial score (nSPS) is 21.2. The van der Waals surface area contributed by atoms with E-state index in [0.717, 1.165) is 22.2 Å². The molecule has 1 aromatic rings. The molecule has 1 unspecified atom stereocenters. The number of oxime groups is 1. The zero-order valence-corrected chi connectivity index (χ0v) is 13.1. The molecule has 0 radical (unpaired) electrons. The molecular formula is C15H19BrN2O2. The zero-order chi connectivity index (χ0) is 14.5. The number of piperidine rings is 1. The van der Waals surface area contributed by atoms with Gasteiger partial charge in [-0.05, 0) is 24.1 Å². The lowest BCUT2D eigenvalue weighted by Gasteiger charge is -2.33. The number of carbonyl (C=O) groups excluding carboxylic acids is 1. The summed E-state index contributed by atoms with van der Waals surface area (Å²) in [6, 6.07) is 7.82. The lowest BCUT2D eigenvalue weighted by atomic mass is 9.93. The molecule has 1 amide bonds. The van der Waals surface area contributed by atoms with Crippen molar-refractivity contribution < 1.29 is 10.0 Å². The molecule has 1 aliphatic rings. The number of rotatable bonds is 3. The highest BCUT2D eigenvalue weighted by molar-refractivity contribution is 9.10. The molecule has 2 rings (SSSR count). The Labute approximate surface area is 127 Å². The van der Waals surface area contributed by atoms with Crippen LogP contribution in [0.15, 0.2) is 33.9 Å². The van der Waals surface area contributed by atoms with Gasteiger partial charge in [-0.25, -0.2) is 0 Å². The van der Waals surface area contributed by atoms with Gasteiger partial charge in [0.15, 0.2) is 0 Å². The third kappa shape index (κ3) is 3.60. The maximum atomic E-state index is 12.3. The van der Waals surface area contributed by atoms with Gasteiger partial charge >= 0.3 is 0 Å². The number of carbonyl (C=O) groups is 1. The van der Waals surface area contributed by atoms with Crippen molar-refractivity contribution in [3.63, 3.8) is 0 Å². The van der Waals surface area contributed by atoms with Crippen LogP contribution >= 0.6 is 15.9 Å². The minimum atomic E-state index is 0.138. The minimum absolute atomic E-state index is 0.138. The van der Waals surface area contributed by atoms with Crippen molar-refractivity contribution in [2.24, 2.45) is 11.1 Å². The highest BCUT2D eigenvalue weighted by atomic mass is 79.9. The van der Waals surface area contributed by atoms with E-state index in [1.165, 1.54) is 0 Å². The van der Waals surface area contributed by atoms with Gasteiger partial charge in [-0.2, -0.15) is 0 Å². The Morgan fingerprint density at radius 3 is 3.00 bits per heavy atom. The standard InChI is InChI=1S/C15H19BrN2O2/c1-2-12-10-18(7-6-14(12)17-20)15(19)9-11-4-3-5-13(16)8-11/h3-5,8,12,20H,2,6-7,9-10H2,1H3/b17-14+. The van der Waals surface area contributed by atoms with Gasteiger partial charge in [-0.1, -0.05) is 40.1 Å². The Balaban J connectivity index is 2.00. The Kier molecular flexibility index (Phi) is 5.17. The van der Waals surface area contributed by atoms with Crippen LogP contribution in [0.4, 0.5) is 0 Å². The second-order valence-electron chi connectivity index (χ2n) is 5.09. The largest absolute Gasteiger partial charge is 0.411 e. The molecule has 1 heterocycles. The average molecular weight is 339 g/mol. The van der Waals surface area contributed by atoms with Gasteiger partial charge in [0.05, 0.1) is 12.1 Å². The number of amides is 1. The lowest BCUT2D eigenvalue weighted by Crippen LogP contribution is -2.44. The molecular weight excluding hydrogens is 320 g/mol. The van der Waals surface area contributed by atoms with E-state index in [1.807, 2.05) is 29.2 Å². The molecule has 0 spiro atoms. The number of halogens is 1. The van der Waals surface area contributed by atoms with Crippen LogP contribution in [0.3, 0.4) is 0 Å². The van der Waals surface area contributed by atoms with Crippen molar-refractivity contribution in [3.05, 3.63) is 34.3 Å². The maximum absolute atomic E-state index is 12.3. The van der Waals surface area contributed by atoms with Crippen molar-refractivity contribution in [2.75, 3.05) is 13.1 Å². The Morgan fingerprint density at radius 1 is 1.55 bits per heavy atom. The summed E-state index contributed by atoms with van der Waals surface area (Å²) < 4.78 is 0.988. The summed E-state index contributed by atoms with van der Waals surface area (Å²) in [4.78, 5) is 14.2. The fraction of sp³-hybridized carbons (Fsp3) is 0.467. The van der Waals surface area contributed by atoms with Crippen molar-refractivity contribution in [3.8, 4) is 0 Å². The molecule has 1 N–H and O–H groups in total. The fourth-order valence-electron chi connectivity index (χ4n) is 2.57. The van der Waals surface area contributed by atoms with Crippen LogP contribution in [-0.2, 0) is 11.2 Å². The summed E-state index contributed by atoms with van der Waals surface area (Å²) in [6.07, 6.45) is 1.97. The van der Waals surface area contributed by atoms with Crippen LogP contribution in [0.1, 0.15) is 25.3 Å². The Bertz CT molecular complexity index is 516. The number of hydrogen-bond acceptors (Lipinski definition) is 3. The van der Waals surface area contributed by atoms with Crippen molar-refractivity contribution in [1.82, 2.24) is 4.90 Å². The molecule has 108 valence electrons. The van der Waals surface area contributed by atoms with Gasteiger partial charge < -0.3 is 10.1 Å². The monoisotopic (exact) mass is 338 g/mol. The molecule has 1 aromatic carbocycles. The van der Waals surface area contributed by atoms with Gasteiger partial charge in [0.25, 0.3) is 0 Å². The molecule has 1 atom stereocenters. The van der Waals surface area contributed by atoms with Gasteiger partial charge in [0.2, 0.25) is 5.91 Å².